The van der Waals surface area contributed by atoms with Crippen molar-refractivity contribution in [1.29, 1.82) is 0 Å². The Morgan fingerprint density at radius 1 is 0.947 bits per heavy atom. The van der Waals surface area contributed by atoms with Crippen LogP contribution in [0, 0.1) is 5.82 Å². The quantitative estimate of drug-likeness (QED) is 0.0128. The van der Waals surface area contributed by atoms with Gasteiger partial charge in [-0.25, -0.2) is 23.8 Å². The van der Waals surface area contributed by atoms with Gasteiger partial charge < -0.3 is 39.5 Å². The van der Waals surface area contributed by atoms with Crippen LogP contribution in [0.5, 0.6) is 5.75 Å². The maximum atomic E-state index is 16.0. The van der Waals surface area contributed by atoms with Gasteiger partial charge in [-0.05, 0) is 78.6 Å². The predicted octanol–water partition coefficient (Wildman–Crippen LogP) is 5.15. The lowest BCUT2D eigenvalue weighted by atomic mass is 9.84. The molecule has 1 fully saturated rings. The normalized spacial score (nSPS) is 15.5. The number of nitrogens with one attached hydrogen (secondary N) is 3. The van der Waals surface area contributed by atoms with Crippen LogP contribution in [0.1, 0.15) is 78.3 Å². The molecule has 0 saturated carbocycles. The molecule has 3 unspecified atom stereocenters. The monoisotopic (exact) mass is 1080 g/mol. The molecule has 26 heteroatoms. The summed E-state index contributed by atoms with van der Waals surface area (Å²) >= 11 is 0.844. The summed E-state index contributed by atoms with van der Waals surface area (Å²) in [5.74, 6) is -4.10. The Morgan fingerprint density at radius 2 is 1.56 bits per heavy atom. The van der Waals surface area contributed by atoms with Crippen LogP contribution in [0.4, 0.5) is 19.1 Å². The second-order valence-corrected chi connectivity index (χ2v) is 21.3. The number of aromatic nitrogens is 3. The van der Waals surface area contributed by atoms with Crippen LogP contribution in [0.2, 0.25) is 0 Å². The highest BCUT2D eigenvalue weighted by Gasteiger charge is 2.58. The third kappa shape index (κ3) is 15.7. The van der Waals surface area contributed by atoms with Gasteiger partial charge in [-0.3, -0.25) is 19.5 Å². The lowest BCUT2D eigenvalue weighted by Gasteiger charge is -2.50. The fourth-order valence-electron chi connectivity index (χ4n) is 7.16. The molecule has 1 saturated heterocycles. The molecule has 4 amide bonds. The summed E-state index contributed by atoms with van der Waals surface area (Å²) in [6.45, 7) is 11.9. The molecule has 23 nitrogen and oxygen atoms in total. The molecule has 402 valence electrons. The number of hydroxylamine groups is 2. The van der Waals surface area contributed by atoms with Crippen LogP contribution in [0.15, 0.2) is 102 Å². The van der Waals surface area contributed by atoms with Crippen molar-refractivity contribution in [3.05, 3.63) is 119 Å². The maximum Gasteiger partial charge on any atom is 0.418 e. The number of aliphatic hydroxyl groups is 1. The molecule has 3 aromatic carbocycles. The molecule has 5 N–H and O–H groups in total. The summed E-state index contributed by atoms with van der Waals surface area (Å²) in [6.07, 6.45) is -2.22. The minimum atomic E-state index is -5.15. The number of hydrogen-bond acceptors (Lipinski definition) is 17. The van der Waals surface area contributed by atoms with E-state index in [0.29, 0.717) is 21.8 Å². The number of anilines is 1. The van der Waals surface area contributed by atoms with E-state index >= 15 is 4.39 Å². The molecule has 0 bridgehead atoms. The molecule has 1 aliphatic rings. The number of carbonyl (C=O) groups is 5. The highest BCUT2D eigenvalue weighted by Crippen LogP contribution is 2.34. The number of halogens is 1. The summed E-state index contributed by atoms with van der Waals surface area (Å²) in [5.41, 5.74) is -2.39. The van der Waals surface area contributed by atoms with E-state index in [1.54, 1.807) is 131 Å². The zero-order chi connectivity index (χ0) is 55.0. The van der Waals surface area contributed by atoms with Crippen molar-refractivity contribution < 1.29 is 79.2 Å². The standard InChI is InChI=1S/C49H57FN8O15S2/c1-47(2,3)70-45(63)51-23-32(59)26-57-25-31(24-56(57)9)34-21-20-33(22-35(34)50)68-27-37(43(62)69-39(29-16-12-10-13-17-29)30-18-14-11-15-19-30)72-55-38(36-28-74-44(52-36)54-46(64)71-48(4,5)6)41(60)53-40-42(61)58(49(40,7)8)73-75(65,66)67/h10-22,24-25,28,32,37,39-40,59H,23,26-27H2,1-9H3,(H3-,51,52,53,54,60,63,64,65,66,67)/p+1. The lowest BCUT2D eigenvalue weighted by molar-refractivity contribution is -0.754. The Morgan fingerprint density at radius 3 is 2.13 bits per heavy atom. The number of carbonyl (C=O) groups excluding carboxylic acids is 5. The van der Waals surface area contributed by atoms with Crippen molar-refractivity contribution in [2.45, 2.75) is 103 Å². The second-order valence-electron chi connectivity index (χ2n) is 19.4. The average molecular weight is 1080 g/mol. The number of hydrogen-bond donors (Lipinski definition) is 5. The number of amides is 4. The van der Waals surface area contributed by atoms with Gasteiger partial charge in [0.2, 0.25) is 6.20 Å². The van der Waals surface area contributed by atoms with E-state index in [9.17, 15) is 42.0 Å². The van der Waals surface area contributed by atoms with Gasteiger partial charge in [-0.2, -0.15) is 18.2 Å². The smallest absolute Gasteiger partial charge is 0.418 e. The van der Waals surface area contributed by atoms with E-state index < -0.39 is 99.6 Å². The molecule has 6 rings (SSSR count). The maximum absolute atomic E-state index is 16.0. The number of thiazole rings is 1. The predicted molar refractivity (Wildman–Crippen MR) is 266 cm³/mol. The Kier molecular flexibility index (Phi) is 17.7. The van der Waals surface area contributed by atoms with Crippen LogP contribution in [0.25, 0.3) is 11.1 Å². The number of rotatable bonds is 20. The van der Waals surface area contributed by atoms with Crippen LogP contribution < -0.4 is 25.4 Å². The lowest BCUT2D eigenvalue weighted by Crippen LogP contribution is -2.76. The third-order valence-corrected chi connectivity index (χ3v) is 11.7. The van der Waals surface area contributed by atoms with E-state index in [1.165, 1.54) is 31.4 Å². The molecule has 1 aliphatic heterocycles. The van der Waals surface area contributed by atoms with Crippen molar-refractivity contribution in [3.63, 3.8) is 0 Å². The van der Waals surface area contributed by atoms with Crippen LogP contribution >= 0.6 is 11.3 Å². The number of β-lactam (4-membered cyclic amide) rings is 1. The van der Waals surface area contributed by atoms with Crippen molar-refractivity contribution in [2.24, 2.45) is 12.2 Å². The van der Waals surface area contributed by atoms with E-state index in [-0.39, 0.29) is 35.2 Å². The van der Waals surface area contributed by atoms with Crippen molar-refractivity contribution >= 4 is 62.5 Å². The average Bonchev–Trinajstić information content (AvgIpc) is 3.93. The first-order chi connectivity index (χ1) is 35.1. The van der Waals surface area contributed by atoms with Gasteiger partial charge in [-0.15, -0.1) is 20.3 Å². The summed E-state index contributed by atoms with van der Waals surface area (Å²) in [6, 6.07) is 19.9. The first-order valence-electron chi connectivity index (χ1n) is 23.0. The van der Waals surface area contributed by atoms with E-state index in [0.717, 1.165) is 17.4 Å². The number of benzene rings is 3. The van der Waals surface area contributed by atoms with Crippen molar-refractivity contribution in [2.75, 3.05) is 18.5 Å². The van der Waals surface area contributed by atoms with Gasteiger partial charge in [0.1, 0.15) is 47.7 Å². The van der Waals surface area contributed by atoms with Gasteiger partial charge in [0.15, 0.2) is 24.0 Å². The molecule has 0 spiro atoms. The Bertz CT molecular complexity index is 2970. The van der Waals surface area contributed by atoms with Crippen molar-refractivity contribution in [1.82, 2.24) is 25.4 Å². The molecule has 3 heterocycles. The van der Waals surface area contributed by atoms with Crippen molar-refractivity contribution in [3.8, 4) is 16.9 Å². The molecule has 3 atom stereocenters. The SMILES string of the molecule is C[n+]1cc(-c2ccc(OCC(ON=C(C(=O)NC3C(=O)N(OS(=O)(=O)O)C3(C)C)c3csc(NC(=O)OC(C)(C)C)n3)C(=O)OC(c3ccccc3)c3ccccc3)cc2F)cn1CC(O)CNC(=O)OC(C)(C)C. The van der Waals surface area contributed by atoms with E-state index in [4.69, 9.17) is 23.8 Å². The van der Waals surface area contributed by atoms with Gasteiger partial charge in [0.25, 0.3) is 17.9 Å². The van der Waals surface area contributed by atoms with Crippen LogP contribution in [0.3, 0.4) is 0 Å². The van der Waals surface area contributed by atoms with Gasteiger partial charge in [0.05, 0.1) is 23.4 Å². The summed E-state index contributed by atoms with van der Waals surface area (Å²) < 4.78 is 78.5. The number of nitrogens with zero attached hydrogens (tertiary/aromatic N) is 5. The minimum Gasteiger partial charge on any atom is -0.489 e. The van der Waals surface area contributed by atoms with Crippen LogP contribution in [-0.4, -0.2) is 117 Å². The number of aryl methyl sites for hydroxylation is 1. The summed E-state index contributed by atoms with van der Waals surface area (Å²) in [4.78, 5) is 76.5. The molecule has 75 heavy (non-hydrogen) atoms. The number of esters is 1. The fourth-order valence-corrected chi connectivity index (χ4v) is 8.29. The van der Waals surface area contributed by atoms with Gasteiger partial charge >= 0.3 is 28.6 Å². The minimum absolute atomic E-state index is 0.0295. The number of ether oxygens (including phenoxy) is 4. The van der Waals surface area contributed by atoms with E-state index in [2.05, 4.69) is 30.4 Å². The van der Waals surface area contributed by atoms with E-state index in [1.807, 2.05) is 0 Å². The second kappa shape index (κ2) is 23.4. The van der Waals surface area contributed by atoms with Gasteiger partial charge in [-0.1, -0.05) is 65.8 Å². The Balaban J connectivity index is 1.29. The number of alkyl carbamates (subject to hydrolysis) is 1. The highest BCUT2D eigenvalue weighted by atomic mass is 32.3. The molecule has 5 aromatic rings. The molecular weight excluding hydrogens is 1020 g/mol. The molecule has 0 radical (unpaired) electrons. The fraction of sp³-hybridized carbons (Fsp3) is 0.388. The third-order valence-electron chi connectivity index (χ3n) is 10.6. The van der Waals surface area contributed by atoms with Crippen LogP contribution in [-0.2, 0) is 61.7 Å². The first kappa shape index (κ1) is 56.8. The summed E-state index contributed by atoms with van der Waals surface area (Å²) in [5, 5.41) is 23.7. The Hall–Kier alpha value is -7.52. The van der Waals surface area contributed by atoms with Gasteiger partial charge in [0, 0.05) is 23.6 Å². The first-order valence-corrected chi connectivity index (χ1v) is 25.3. The highest BCUT2D eigenvalue weighted by molar-refractivity contribution is 7.80. The molecule has 0 aliphatic carbocycles. The zero-order valence-electron chi connectivity index (χ0n) is 42.3. The topological polar surface area (TPSA) is 289 Å². The molecular formula is C49H58FN8O15S2+. The largest absolute Gasteiger partial charge is 0.489 e. The zero-order valence-corrected chi connectivity index (χ0v) is 43.9. The number of oxime groups is 1. The summed E-state index contributed by atoms with van der Waals surface area (Å²) in [7, 11) is -3.46. The number of aliphatic hydroxyl groups excluding tert-OH is 1. The molecule has 2 aromatic heterocycles. The Labute approximate surface area is 435 Å².